The van der Waals surface area contributed by atoms with Gasteiger partial charge in [0.2, 0.25) is 0 Å². The number of carbonyl (C=O) groups excluding carboxylic acids is 1. The lowest BCUT2D eigenvalue weighted by atomic mass is 9.95. The van der Waals surface area contributed by atoms with E-state index in [4.69, 9.17) is 9.47 Å². The number of aromatic amines is 1. The maximum Gasteiger partial charge on any atom is 0.277 e. The Labute approximate surface area is 202 Å². The molecule has 0 unspecified atom stereocenters. The fourth-order valence-electron chi connectivity index (χ4n) is 3.62. The molecule has 2 N–H and O–H groups in total. The monoisotopic (exact) mass is 468 g/mol. The number of methoxy groups -OCH3 is 1. The van der Waals surface area contributed by atoms with E-state index in [1.54, 1.807) is 25.3 Å². The minimum absolute atomic E-state index is 0.0773. The van der Waals surface area contributed by atoms with E-state index in [1.165, 1.54) is 6.21 Å². The van der Waals surface area contributed by atoms with Crippen LogP contribution in [0.3, 0.4) is 0 Å². The zero-order valence-corrected chi connectivity index (χ0v) is 19.3. The molecule has 8 nitrogen and oxygen atoms in total. The molecule has 0 bridgehead atoms. The molecule has 0 radical (unpaired) electrons. The average molecular weight is 469 g/mol. The van der Waals surface area contributed by atoms with E-state index in [2.05, 4.69) is 20.7 Å². The number of benzene rings is 3. The standard InChI is InChI=1S/C27H24N4O4/c1-3-35-21-15-14-18(16-22(21)34-2)17-28-30-26(32)24-23(19-10-6-4-7-11-19)25(29-31-27(24)33)20-12-8-5-9-13-20/h4-17H,3H2,1-2H3,(H,30,32)(H,31,33)/b28-17+. The summed E-state index contributed by atoms with van der Waals surface area (Å²) in [5.41, 5.74) is 4.83. The second-order valence-corrected chi connectivity index (χ2v) is 7.43. The van der Waals surface area contributed by atoms with Crippen molar-refractivity contribution in [2.24, 2.45) is 5.10 Å². The number of ether oxygens (including phenoxy) is 2. The van der Waals surface area contributed by atoms with Crippen LogP contribution in [-0.2, 0) is 0 Å². The van der Waals surface area contributed by atoms with E-state index in [9.17, 15) is 9.59 Å². The van der Waals surface area contributed by atoms with Crippen LogP contribution in [0.4, 0.5) is 0 Å². The van der Waals surface area contributed by atoms with Crippen molar-refractivity contribution in [3.8, 4) is 33.9 Å². The van der Waals surface area contributed by atoms with E-state index in [1.807, 2.05) is 67.6 Å². The summed E-state index contributed by atoms with van der Waals surface area (Å²) >= 11 is 0. The highest BCUT2D eigenvalue weighted by Gasteiger charge is 2.22. The summed E-state index contributed by atoms with van der Waals surface area (Å²) in [6.45, 7) is 2.40. The Balaban J connectivity index is 1.69. The summed E-state index contributed by atoms with van der Waals surface area (Å²) in [7, 11) is 1.55. The SMILES string of the molecule is CCOc1ccc(/C=N/NC(=O)c2c(-c3ccccc3)c(-c3ccccc3)n[nH]c2=O)cc1OC. The highest BCUT2D eigenvalue weighted by Crippen LogP contribution is 2.31. The van der Waals surface area contributed by atoms with Crippen LogP contribution >= 0.6 is 0 Å². The zero-order chi connectivity index (χ0) is 24.6. The van der Waals surface area contributed by atoms with E-state index in [0.717, 1.165) is 5.56 Å². The summed E-state index contributed by atoms with van der Waals surface area (Å²) < 4.78 is 10.9. The molecule has 1 heterocycles. The van der Waals surface area contributed by atoms with E-state index in [-0.39, 0.29) is 5.56 Å². The third kappa shape index (κ3) is 5.27. The summed E-state index contributed by atoms with van der Waals surface area (Å²) in [5, 5.41) is 10.8. The Kier molecular flexibility index (Phi) is 7.32. The number of carbonyl (C=O) groups is 1. The van der Waals surface area contributed by atoms with Crippen molar-refractivity contribution in [2.45, 2.75) is 6.92 Å². The number of aromatic nitrogens is 2. The number of nitrogens with zero attached hydrogens (tertiary/aromatic N) is 2. The number of amides is 1. The first-order valence-electron chi connectivity index (χ1n) is 11.0. The minimum atomic E-state index is -0.654. The number of hydrazone groups is 1. The Morgan fingerprint density at radius 3 is 2.34 bits per heavy atom. The maximum absolute atomic E-state index is 13.2. The predicted octanol–water partition coefficient (Wildman–Crippen LogP) is 4.28. The Morgan fingerprint density at radius 1 is 1.00 bits per heavy atom. The Bertz CT molecular complexity index is 1400. The fourth-order valence-corrected chi connectivity index (χ4v) is 3.62. The first-order chi connectivity index (χ1) is 17.1. The van der Waals surface area contributed by atoms with Gasteiger partial charge in [-0.15, -0.1) is 0 Å². The molecule has 0 aliphatic heterocycles. The van der Waals surface area contributed by atoms with Crippen molar-refractivity contribution in [1.82, 2.24) is 15.6 Å². The first-order valence-corrected chi connectivity index (χ1v) is 11.0. The smallest absolute Gasteiger partial charge is 0.277 e. The van der Waals surface area contributed by atoms with Crippen LogP contribution in [0.1, 0.15) is 22.8 Å². The zero-order valence-electron chi connectivity index (χ0n) is 19.3. The molecule has 0 aliphatic carbocycles. The van der Waals surface area contributed by atoms with E-state index < -0.39 is 11.5 Å². The first kappa shape index (κ1) is 23.4. The van der Waals surface area contributed by atoms with Gasteiger partial charge in [-0.2, -0.15) is 10.2 Å². The third-order valence-corrected chi connectivity index (χ3v) is 5.19. The molecule has 0 spiro atoms. The highest BCUT2D eigenvalue weighted by atomic mass is 16.5. The lowest BCUT2D eigenvalue weighted by Gasteiger charge is -2.13. The molecule has 0 aliphatic rings. The molecule has 0 fully saturated rings. The van der Waals surface area contributed by atoms with Gasteiger partial charge in [-0.1, -0.05) is 60.7 Å². The molecule has 0 saturated heterocycles. The Morgan fingerprint density at radius 2 is 1.69 bits per heavy atom. The normalized spacial score (nSPS) is 10.8. The van der Waals surface area contributed by atoms with Crippen molar-refractivity contribution >= 4 is 12.1 Å². The van der Waals surface area contributed by atoms with Crippen LogP contribution in [0, 0.1) is 0 Å². The van der Waals surface area contributed by atoms with Gasteiger partial charge in [0.15, 0.2) is 11.5 Å². The molecule has 4 rings (SSSR count). The predicted molar refractivity (Wildman–Crippen MR) is 135 cm³/mol. The topological polar surface area (TPSA) is 106 Å². The van der Waals surface area contributed by atoms with Gasteiger partial charge >= 0.3 is 0 Å². The lowest BCUT2D eigenvalue weighted by molar-refractivity contribution is 0.0954. The van der Waals surface area contributed by atoms with Crippen LogP contribution in [0.15, 0.2) is 88.8 Å². The molecule has 0 atom stereocenters. The molecule has 35 heavy (non-hydrogen) atoms. The highest BCUT2D eigenvalue weighted by molar-refractivity contribution is 6.03. The molecule has 4 aromatic rings. The largest absolute Gasteiger partial charge is 0.493 e. The van der Waals surface area contributed by atoms with Gasteiger partial charge in [-0.3, -0.25) is 9.59 Å². The van der Waals surface area contributed by atoms with Gasteiger partial charge in [0.25, 0.3) is 11.5 Å². The van der Waals surface area contributed by atoms with Crippen LogP contribution in [0.2, 0.25) is 0 Å². The second-order valence-electron chi connectivity index (χ2n) is 7.43. The van der Waals surface area contributed by atoms with Crippen LogP contribution in [0.25, 0.3) is 22.4 Å². The molecule has 176 valence electrons. The van der Waals surface area contributed by atoms with E-state index >= 15 is 0 Å². The maximum atomic E-state index is 13.2. The van der Waals surface area contributed by atoms with Gasteiger partial charge in [0.1, 0.15) is 5.56 Å². The van der Waals surface area contributed by atoms with Crippen LogP contribution in [0.5, 0.6) is 11.5 Å². The molecule has 0 saturated carbocycles. The van der Waals surface area contributed by atoms with Crippen molar-refractivity contribution < 1.29 is 14.3 Å². The quantitative estimate of drug-likeness (QED) is 0.297. The summed E-state index contributed by atoms with van der Waals surface area (Å²) in [6.07, 6.45) is 1.46. The number of H-pyrrole nitrogens is 1. The van der Waals surface area contributed by atoms with Crippen molar-refractivity contribution in [3.63, 3.8) is 0 Å². The van der Waals surface area contributed by atoms with Gasteiger partial charge in [-0.25, -0.2) is 10.5 Å². The van der Waals surface area contributed by atoms with Crippen LogP contribution in [-0.4, -0.2) is 36.0 Å². The molecular formula is C27H24N4O4. The fraction of sp³-hybridized carbons (Fsp3) is 0.111. The molecule has 1 aromatic heterocycles. The van der Waals surface area contributed by atoms with Gasteiger partial charge in [0, 0.05) is 11.1 Å². The van der Waals surface area contributed by atoms with Gasteiger partial charge < -0.3 is 9.47 Å². The summed E-state index contributed by atoms with van der Waals surface area (Å²) in [5.74, 6) is 0.505. The molecule has 3 aromatic carbocycles. The van der Waals surface area contributed by atoms with Crippen molar-refractivity contribution in [1.29, 1.82) is 0 Å². The number of hydrogen-bond acceptors (Lipinski definition) is 6. The van der Waals surface area contributed by atoms with Gasteiger partial charge in [-0.05, 0) is 36.2 Å². The van der Waals surface area contributed by atoms with E-state index in [0.29, 0.717) is 40.5 Å². The van der Waals surface area contributed by atoms with Crippen LogP contribution < -0.4 is 20.5 Å². The molecule has 8 heteroatoms. The van der Waals surface area contributed by atoms with Gasteiger partial charge in [0.05, 0.1) is 25.6 Å². The average Bonchev–Trinajstić information content (AvgIpc) is 2.90. The lowest BCUT2D eigenvalue weighted by Crippen LogP contribution is -2.28. The second kappa shape index (κ2) is 10.9. The summed E-state index contributed by atoms with van der Waals surface area (Å²) in [6, 6.07) is 23.8. The minimum Gasteiger partial charge on any atom is -0.493 e. The third-order valence-electron chi connectivity index (χ3n) is 5.19. The number of rotatable bonds is 8. The van der Waals surface area contributed by atoms with Crippen molar-refractivity contribution in [3.05, 3.63) is 100 Å². The number of nitrogens with one attached hydrogen (secondary N) is 2. The molecule has 1 amide bonds. The Hall–Kier alpha value is -4.72. The summed E-state index contributed by atoms with van der Waals surface area (Å²) in [4.78, 5) is 26.0. The van der Waals surface area contributed by atoms with Crippen molar-refractivity contribution in [2.75, 3.05) is 13.7 Å². The number of hydrogen-bond donors (Lipinski definition) is 2. The molecular weight excluding hydrogens is 444 g/mol.